The quantitative estimate of drug-likeness (QED) is 0.244. The van der Waals surface area contributed by atoms with Gasteiger partial charge in [0.1, 0.15) is 28.6 Å². The zero-order chi connectivity index (χ0) is 25.9. The van der Waals surface area contributed by atoms with Crippen LogP contribution < -0.4 is 4.74 Å². The second-order valence-corrected chi connectivity index (χ2v) is 9.62. The van der Waals surface area contributed by atoms with Crippen molar-refractivity contribution in [3.05, 3.63) is 94.6 Å². The first-order valence-corrected chi connectivity index (χ1v) is 12.6. The van der Waals surface area contributed by atoms with E-state index in [1.165, 1.54) is 6.07 Å². The number of hydrogen-bond donors (Lipinski definition) is 2. The molecule has 0 radical (unpaired) electrons. The molecule has 0 spiro atoms. The van der Waals surface area contributed by atoms with Crippen molar-refractivity contribution < 1.29 is 19.4 Å². The molecule has 7 nitrogen and oxygen atoms in total. The van der Waals surface area contributed by atoms with E-state index in [-0.39, 0.29) is 17.8 Å². The molecule has 5 rings (SSSR count). The van der Waals surface area contributed by atoms with Crippen LogP contribution >= 0.6 is 11.6 Å². The Bertz CT molecular complexity index is 1400. The van der Waals surface area contributed by atoms with E-state index in [4.69, 9.17) is 21.1 Å². The lowest BCUT2D eigenvalue weighted by molar-refractivity contribution is 0.0601. The first-order valence-electron chi connectivity index (χ1n) is 12.2. The summed E-state index contributed by atoms with van der Waals surface area (Å²) in [6, 6.07) is 21.6. The lowest BCUT2D eigenvalue weighted by Gasteiger charge is -2.27. The number of phenolic OH excluding ortho intramolecular Hbond substituents is 1. The maximum absolute atomic E-state index is 13.6. The molecule has 0 saturated carbocycles. The molecule has 1 aromatic heterocycles. The first-order chi connectivity index (χ1) is 17.9. The number of aromatic amines is 1. The van der Waals surface area contributed by atoms with Crippen LogP contribution in [0.4, 0.5) is 0 Å². The SMILES string of the molecule is CC(C)OCCCN1C(=O)c2[nH]nc(-c3cc(Cl)ccc3O)c2C1c1cccc(Oc2ccccc2)c1. The molecule has 3 aromatic carbocycles. The zero-order valence-corrected chi connectivity index (χ0v) is 21.4. The molecule has 0 aliphatic carbocycles. The van der Waals surface area contributed by atoms with Gasteiger partial charge < -0.3 is 19.5 Å². The fourth-order valence-corrected chi connectivity index (χ4v) is 4.78. The van der Waals surface area contributed by atoms with Crippen molar-refractivity contribution in [2.24, 2.45) is 0 Å². The number of fused-ring (bicyclic) bond motifs is 1. The smallest absolute Gasteiger partial charge is 0.273 e. The largest absolute Gasteiger partial charge is 0.507 e. The van der Waals surface area contributed by atoms with Gasteiger partial charge in [-0.1, -0.05) is 41.9 Å². The molecular weight excluding hydrogens is 490 g/mol. The van der Waals surface area contributed by atoms with E-state index < -0.39 is 6.04 Å². The first kappa shape index (κ1) is 24.9. The summed E-state index contributed by atoms with van der Waals surface area (Å²) in [6.07, 6.45) is 0.794. The predicted octanol–water partition coefficient (Wildman–Crippen LogP) is 6.59. The Balaban J connectivity index is 1.55. The topological polar surface area (TPSA) is 87.7 Å². The van der Waals surface area contributed by atoms with Crippen molar-refractivity contribution >= 4 is 17.5 Å². The number of para-hydroxylation sites is 1. The standard InChI is InChI=1S/C29H28ClN3O4/c1-18(2)36-15-7-14-33-28(19-8-6-11-22(16-19)37-21-9-4-3-5-10-21)25-26(31-32-27(25)29(33)35)23-17-20(30)12-13-24(23)34/h3-6,8-13,16-18,28,34H,7,14-15H2,1-2H3,(H,31,32). The van der Waals surface area contributed by atoms with Crippen LogP contribution in [-0.2, 0) is 4.74 Å². The van der Waals surface area contributed by atoms with E-state index in [0.717, 1.165) is 11.3 Å². The number of carbonyl (C=O) groups excluding carboxylic acids is 1. The second-order valence-electron chi connectivity index (χ2n) is 9.18. The summed E-state index contributed by atoms with van der Waals surface area (Å²) in [5.41, 5.74) is 2.92. The van der Waals surface area contributed by atoms with E-state index in [0.29, 0.717) is 52.9 Å². The summed E-state index contributed by atoms with van der Waals surface area (Å²) in [6.45, 7) is 5.01. The van der Waals surface area contributed by atoms with Crippen LogP contribution in [0.3, 0.4) is 0 Å². The van der Waals surface area contributed by atoms with Crippen molar-refractivity contribution in [3.8, 4) is 28.5 Å². The average Bonchev–Trinajstić information content (AvgIpc) is 3.43. The molecule has 2 heterocycles. The van der Waals surface area contributed by atoms with Gasteiger partial charge in [0.05, 0.1) is 12.1 Å². The molecule has 8 heteroatoms. The molecule has 0 bridgehead atoms. The number of hydrogen-bond acceptors (Lipinski definition) is 5. The molecule has 0 saturated heterocycles. The number of H-pyrrole nitrogens is 1. The van der Waals surface area contributed by atoms with E-state index in [9.17, 15) is 9.90 Å². The Morgan fingerprint density at radius 2 is 1.84 bits per heavy atom. The van der Waals surface area contributed by atoms with E-state index in [1.807, 2.05) is 73.3 Å². The van der Waals surface area contributed by atoms with Crippen molar-refractivity contribution in [2.45, 2.75) is 32.4 Å². The Morgan fingerprint density at radius 3 is 2.62 bits per heavy atom. The van der Waals surface area contributed by atoms with Crippen LogP contribution in [0.2, 0.25) is 5.02 Å². The van der Waals surface area contributed by atoms with E-state index >= 15 is 0 Å². The van der Waals surface area contributed by atoms with Gasteiger partial charge in [0.2, 0.25) is 0 Å². The molecule has 2 N–H and O–H groups in total. The highest BCUT2D eigenvalue weighted by molar-refractivity contribution is 6.31. The third kappa shape index (κ3) is 5.19. The lowest BCUT2D eigenvalue weighted by atomic mass is 9.95. The zero-order valence-electron chi connectivity index (χ0n) is 20.6. The van der Waals surface area contributed by atoms with Crippen LogP contribution in [0.15, 0.2) is 72.8 Å². The minimum atomic E-state index is -0.437. The highest BCUT2D eigenvalue weighted by atomic mass is 35.5. The molecule has 4 aromatic rings. The van der Waals surface area contributed by atoms with Crippen molar-refractivity contribution in [1.82, 2.24) is 15.1 Å². The highest BCUT2D eigenvalue weighted by Crippen LogP contribution is 2.45. The second kappa shape index (κ2) is 10.7. The number of phenols is 1. The van der Waals surface area contributed by atoms with Gasteiger partial charge in [-0.15, -0.1) is 0 Å². The molecular formula is C29H28ClN3O4. The molecule has 190 valence electrons. The number of carbonyl (C=O) groups is 1. The molecule has 37 heavy (non-hydrogen) atoms. The minimum Gasteiger partial charge on any atom is -0.507 e. The summed E-state index contributed by atoms with van der Waals surface area (Å²) in [4.78, 5) is 15.4. The maximum Gasteiger partial charge on any atom is 0.273 e. The van der Waals surface area contributed by atoms with Crippen molar-refractivity contribution in [2.75, 3.05) is 13.2 Å². The Labute approximate surface area is 220 Å². The van der Waals surface area contributed by atoms with E-state index in [1.54, 1.807) is 12.1 Å². The molecule has 1 amide bonds. The maximum atomic E-state index is 13.6. The summed E-state index contributed by atoms with van der Waals surface area (Å²) < 4.78 is 11.8. The number of benzene rings is 3. The van der Waals surface area contributed by atoms with Gasteiger partial charge in [0.15, 0.2) is 0 Å². The molecule has 1 unspecified atom stereocenters. The van der Waals surface area contributed by atoms with Crippen LogP contribution in [0.5, 0.6) is 17.2 Å². The Hall–Kier alpha value is -3.81. The highest BCUT2D eigenvalue weighted by Gasteiger charge is 2.42. The summed E-state index contributed by atoms with van der Waals surface area (Å²) in [5, 5.41) is 18.4. The summed E-state index contributed by atoms with van der Waals surface area (Å²) in [5.74, 6) is 1.26. The number of halogens is 1. The lowest BCUT2D eigenvalue weighted by Crippen LogP contribution is -2.31. The number of ether oxygens (including phenoxy) is 2. The Kier molecular flexibility index (Phi) is 7.17. The van der Waals surface area contributed by atoms with Crippen LogP contribution in [0.1, 0.15) is 47.9 Å². The fourth-order valence-electron chi connectivity index (χ4n) is 4.60. The number of nitrogens with zero attached hydrogens (tertiary/aromatic N) is 2. The van der Waals surface area contributed by atoms with Gasteiger partial charge in [-0.05, 0) is 68.3 Å². The van der Waals surface area contributed by atoms with Crippen LogP contribution in [-0.4, -0.2) is 45.4 Å². The van der Waals surface area contributed by atoms with Gasteiger partial charge in [-0.2, -0.15) is 5.10 Å². The molecule has 1 aliphatic rings. The molecule has 1 aliphatic heterocycles. The third-order valence-corrected chi connectivity index (χ3v) is 6.46. The van der Waals surface area contributed by atoms with Gasteiger partial charge in [0.25, 0.3) is 5.91 Å². The minimum absolute atomic E-state index is 0.0369. The molecule has 1 atom stereocenters. The normalized spacial score (nSPS) is 14.9. The van der Waals surface area contributed by atoms with Crippen LogP contribution in [0.25, 0.3) is 11.3 Å². The monoisotopic (exact) mass is 517 g/mol. The fraction of sp³-hybridized carbons (Fsp3) is 0.241. The summed E-state index contributed by atoms with van der Waals surface area (Å²) in [7, 11) is 0. The predicted molar refractivity (Wildman–Crippen MR) is 142 cm³/mol. The third-order valence-electron chi connectivity index (χ3n) is 6.22. The average molecular weight is 518 g/mol. The molecule has 0 fully saturated rings. The Morgan fingerprint density at radius 1 is 1.05 bits per heavy atom. The number of amides is 1. The number of rotatable bonds is 9. The van der Waals surface area contributed by atoms with Gasteiger partial charge in [-0.25, -0.2) is 0 Å². The van der Waals surface area contributed by atoms with Gasteiger partial charge in [-0.3, -0.25) is 9.89 Å². The van der Waals surface area contributed by atoms with Crippen LogP contribution in [0, 0.1) is 0 Å². The van der Waals surface area contributed by atoms with Gasteiger partial charge >= 0.3 is 0 Å². The summed E-state index contributed by atoms with van der Waals surface area (Å²) >= 11 is 6.25. The number of aromatic nitrogens is 2. The van der Waals surface area contributed by atoms with Crippen molar-refractivity contribution in [3.63, 3.8) is 0 Å². The van der Waals surface area contributed by atoms with E-state index in [2.05, 4.69) is 10.2 Å². The van der Waals surface area contributed by atoms with Crippen molar-refractivity contribution in [1.29, 1.82) is 0 Å². The number of nitrogens with one attached hydrogen (secondary N) is 1. The number of aromatic hydroxyl groups is 1. The van der Waals surface area contributed by atoms with Gasteiger partial charge in [0, 0.05) is 29.3 Å².